The predicted molar refractivity (Wildman–Crippen MR) is 33.7 cm³/mol. The molecule has 0 aliphatic carbocycles. The van der Waals surface area contributed by atoms with Crippen LogP contribution in [-0.4, -0.2) is 22.2 Å². The summed E-state index contributed by atoms with van der Waals surface area (Å²) in [4.78, 5) is 3.97. The number of pyridine rings is 1. The van der Waals surface area contributed by atoms with Gasteiger partial charge in [0.1, 0.15) is 0 Å². The standard InChI is InChI=1S/C5H5BNO2.Hg/c8-6(9)5-2-1-3-7-4-5;/h1-3,8-9H;. The monoisotopic (exact) mass is 324 g/mol. The molecule has 5 heteroatoms. The molecule has 0 amide bonds. The molecule has 3 nitrogen and oxygen atoms in total. The SMILES string of the molecule is OB(O)c1cccn[c]1[Hg]. The minimum atomic E-state index is -1.36. The van der Waals surface area contributed by atoms with Crippen molar-refractivity contribution < 1.29 is 36.2 Å². The van der Waals surface area contributed by atoms with Gasteiger partial charge in [-0.15, -0.1) is 0 Å². The third-order valence-corrected chi connectivity index (χ3v) is 3.50. The molecular weight excluding hydrogens is 317 g/mol. The first-order chi connectivity index (χ1) is 4.72. The van der Waals surface area contributed by atoms with Crippen LogP contribution < -0.4 is 8.67 Å². The second kappa shape index (κ2) is 3.46. The van der Waals surface area contributed by atoms with Crippen molar-refractivity contribution in [2.45, 2.75) is 0 Å². The molecule has 0 atom stereocenters. The van der Waals surface area contributed by atoms with E-state index in [0.717, 1.165) is 3.20 Å². The maximum absolute atomic E-state index is 8.75. The summed E-state index contributed by atoms with van der Waals surface area (Å²) in [6.07, 6.45) is 1.66. The van der Waals surface area contributed by atoms with E-state index in [1.165, 1.54) is 0 Å². The number of hydrogen-bond donors (Lipinski definition) is 2. The van der Waals surface area contributed by atoms with Crippen LogP contribution in [0.25, 0.3) is 0 Å². The van der Waals surface area contributed by atoms with E-state index in [0.29, 0.717) is 31.6 Å². The van der Waals surface area contributed by atoms with Crippen LogP contribution in [0.2, 0.25) is 0 Å². The normalized spacial score (nSPS) is 9.60. The summed E-state index contributed by atoms with van der Waals surface area (Å²) in [7, 11) is -1.36. The van der Waals surface area contributed by atoms with Crippen LogP contribution in [0.1, 0.15) is 0 Å². The molecule has 1 heterocycles. The minimum absolute atomic E-state index is 0.347. The molecule has 2 N–H and O–H groups in total. The second-order valence-electron chi connectivity index (χ2n) is 1.91. The van der Waals surface area contributed by atoms with Gasteiger partial charge in [0.05, 0.1) is 0 Å². The van der Waals surface area contributed by atoms with E-state index in [9.17, 15) is 0 Å². The molecule has 1 rings (SSSR count). The maximum atomic E-state index is 8.75. The van der Waals surface area contributed by atoms with Crippen LogP contribution >= 0.6 is 0 Å². The molecule has 1 aromatic rings. The summed E-state index contributed by atoms with van der Waals surface area (Å²) in [5.74, 6) is 0. The van der Waals surface area contributed by atoms with Gasteiger partial charge in [-0.25, -0.2) is 0 Å². The average molecular weight is 323 g/mol. The van der Waals surface area contributed by atoms with Gasteiger partial charge in [0.25, 0.3) is 0 Å². The quantitative estimate of drug-likeness (QED) is 0.585. The van der Waals surface area contributed by atoms with E-state index in [1.807, 2.05) is 0 Å². The molecule has 0 saturated heterocycles. The van der Waals surface area contributed by atoms with Crippen LogP contribution in [-0.2, 0) is 26.1 Å². The number of aromatic nitrogens is 1. The van der Waals surface area contributed by atoms with Gasteiger partial charge in [0.2, 0.25) is 0 Å². The van der Waals surface area contributed by atoms with Gasteiger partial charge in [0, 0.05) is 0 Å². The third-order valence-electron chi connectivity index (χ3n) is 1.20. The van der Waals surface area contributed by atoms with Crippen LogP contribution in [0.4, 0.5) is 0 Å². The van der Waals surface area contributed by atoms with Gasteiger partial charge < -0.3 is 0 Å². The third kappa shape index (κ3) is 1.78. The first-order valence-electron chi connectivity index (χ1n) is 2.85. The Morgan fingerprint density at radius 3 is 2.60 bits per heavy atom. The molecular formula is C5H5BHgNO2. The topological polar surface area (TPSA) is 53.4 Å². The summed E-state index contributed by atoms with van der Waals surface area (Å²) in [5.41, 5.74) is 0.547. The first-order valence-corrected chi connectivity index (χ1v) is 5.59. The number of nitrogens with zero attached hydrogens (tertiary/aromatic N) is 1. The van der Waals surface area contributed by atoms with Crippen molar-refractivity contribution in [1.82, 2.24) is 4.98 Å². The Labute approximate surface area is 75.2 Å². The van der Waals surface area contributed by atoms with E-state index in [-0.39, 0.29) is 0 Å². The molecule has 0 aromatic carbocycles. The molecule has 0 aliphatic heterocycles. The Bertz CT molecular complexity index is 231. The van der Waals surface area contributed by atoms with Crippen molar-refractivity contribution in [1.29, 1.82) is 0 Å². The molecule has 0 unspecified atom stereocenters. The summed E-state index contributed by atoms with van der Waals surface area (Å²) in [6, 6.07) is 3.38. The summed E-state index contributed by atoms with van der Waals surface area (Å²) in [5, 5.41) is 17.5. The van der Waals surface area contributed by atoms with Crippen molar-refractivity contribution in [3.8, 4) is 0 Å². The number of rotatable bonds is 1. The van der Waals surface area contributed by atoms with Gasteiger partial charge in [0.15, 0.2) is 0 Å². The average Bonchev–Trinajstić information content (AvgIpc) is 1.88. The summed E-state index contributed by atoms with van der Waals surface area (Å²) >= 11 is 0.347. The molecule has 0 radical (unpaired) electrons. The van der Waals surface area contributed by atoms with Gasteiger partial charge >= 0.3 is 75.3 Å². The van der Waals surface area contributed by atoms with Crippen LogP contribution in [0.15, 0.2) is 18.3 Å². The van der Waals surface area contributed by atoms with Gasteiger partial charge in [-0.1, -0.05) is 0 Å². The Kier molecular flexibility index (Phi) is 2.82. The zero-order valence-corrected chi connectivity index (χ0v) is 10.9. The molecule has 0 saturated carbocycles. The first kappa shape index (κ1) is 8.17. The van der Waals surface area contributed by atoms with Crippen LogP contribution in [0.5, 0.6) is 0 Å². The molecule has 47 valence electrons. The van der Waals surface area contributed by atoms with Crippen molar-refractivity contribution in [2.75, 3.05) is 0 Å². The number of hydrogen-bond acceptors (Lipinski definition) is 3. The fourth-order valence-corrected chi connectivity index (χ4v) is 2.26. The zero-order chi connectivity index (χ0) is 7.56. The van der Waals surface area contributed by atoms with Crippen molar-refractivity contribution in [3.05, 3.63) is 18.3 Å². The van der Waals surface area contributed by atoms with Crippen LogP contribution in [0.3, 0.4) is 0 Å². The van der Waals surface area contributed by atoms with E-state index < -0.39 is 7.12 Å². The summed E-state index contributed by atoms with van der Waals surface area (Å²) in [6.45, 7) is 0. The Morgan fingerprint density at radius 1 is 1.50 bits per heavy atom. The molecule has 0 bridgehead atoms. The summed E-state index contributed by atoms with van der Waals surface area (Å²) < 4.78 is 0.845. The van der Waals surface area contributed by atoms with E-state index in [1.54, 1.807) is 18.3 Å². The fourth-order valence-electron chi connectivity index (χ4n) is 0.686. The molecule has 10 heavy (non-hydrogen) atoms. The zero-order valence-electron chi connectivity index (χ0n) is 5.36. The van der Waals surface area contributed by atoms with E-state index in [4.69, 9.17) is 10.0 Å². The van der Waals surface area contributed by atoms with Gasteiger partial charge in [-0.2, -0.15) is 0 Å². The van der Waals surface area contributed by atoms with Crippen molar-refractivity contribution in [2.24, 2.45) is 0 Å². The Balaban J connectivity index is 3.03. The Morgan fingerprint density at radius 2 is 2.20 bits per heavy atom. The van der Waals surface area contributed by atoms with E-state index >= 15 is 0 Å². The molecule has 0 fully saturated rings. The predicted octanol–water partition coefficient (Wildman–Crippen LogP) is -2.07. The molecule has 1 aromatic heterocycles. The van der Waals surface area contributed by atoms with Crippen molar-refractivity contribution >= 4 is 15.8 Å². The van der Waals surface area contributed by atoms with Crippen LogP contribution in [0, 0.1) is 0 Å². The second-order valence-corrected chi connectivity index (χ2v) is 4.52. The molecule has 0 aliphatic rings. The van der Waals surface area contributed by atoms with Gasteiger partial charge in [-0.05, 0) is 0 Å². The van der Waals surface area contributed by atoms with E-state index in [2.05, 4.69) is 4.98 Å². The van der Waals surface area contributed by atoms with Crippen molar-refractivity contribution in [3.63, 3.8) is 0 Å². The Hall–Kier alpha value is 0.0700. The molecule has 0 spiro atoms. The fraction of sp³-hybridized carbons (Fsp3) is 0. The van der Waals surface area contributed by atoms with Gasteiger partial charge in [-0.3, -0.25) is 0 Å².